The Balaban J connectivity index is 2.65. The van der Waals surface area contributed by atoms with Gasteiger partial charge < -0.3 is 5.73 Å². The highest BCUT2D eigenvalue weighted by molar-refractivity contribution is 5.33. The Kier molecular flexibility index (Phi) is 2.11. The molecule has 0 amide bonds. The first-order chi connectivity index (χ1) is 7.02. The zero-order valence-corrected chi connectivity index (χ0v) is 7.49. The molecular formula is C8H7F3N4. The maximum atomic E-state index is 12.3. The van der Waals surface area contributed by atoms with Crippen molar-refractivity contribution < 1.29 is 13.2 Å². The number of imidazole rings is 1. The minimum atomic E-state index is -4.46. The summed E-state index contributed by atoms with van der Waals surface area (Å²) in [5.74, 6) is 0.00488. The Hall–Kier alpha value is -1.63. The summed E-state index contributed by atoms with van der Waals surface area (Å²) in [4.78, 5) is 7.08. The van der Waals surface area contributed by atoms with E-state index < -0.39 is 11.9 Å². The normalized spacial score (nSPS) is 12.3. The van der Waals surface area contributed by atoms with Crippen LogP contribution in [0.2, 0.25) is 0 Å². The van der Waals surface area contributed by atoms with Crippen LogP contribution in [0.15, 0.2) is 18.5 Å². The number of hydrogen-bond acceptors (Lipinski definition) is 3. The van der Waals surface area contributed by atoms with E-state index in [2.05, 4.69) is 9.97 Å². The van der Waals surface area contributed by atoms with E-state index in [4.69, 9.17) is 5.73 Å². The fourth-order valence-electron chi connectivity index (χ4n) is 1.25. The third-order valence-corrected chi connectivity index (χ3v) is 1.95. The number of halogens is 3. The number of rotatable bonds is 1. The molecule has 7 heteroatoms. The second kappa shape index (κ2) is 3.20. The Bertz CT molecular complexity index is 488. The van der Waals surface area contributed by atoms with Crippen molar-refractivity contribution in [2.24, 2.45) is 5.73 Å². The van der Waals surface area contributed by atoms with Crippen molar-refractivity contribution in [2.75, 3.05) is 0 Å². The van der Waals surface area contributed by atoms with Crippen molar-refractivity contribution in [3.8, 4) is 0 Å². The zero-order valence-electron chi connectivity index (χ0n) is 7.49. The van der Waals surface area contributed by atoms with E-state index in [1.54, 1.807) is 6.07 Å². The first kappa shape index (κ1) is 9.91. The van der Waals surface area contributed by atoms with Crippen LogP contribution in [0.5, 0.6) is 0 Å². The van der Waals surface area contributed by atoms with E-state index in [-0.39, 0.29) is 12.3 Å². The first-order valence-electron chi connectivity index (χ1n) is 4.12. The molecule has 0 unspecified atom stereocenters. The molecule has 2 aromatic heterocycles. The number of aromatic nitrogens is 3. The summed E-state index contributed by atoms with van der Waals surface area (Å²) in [5.41, 5.74) is 4.95. The lowest BCUT2D eigenvalue weighted by molar-refractivity contribution is -0.140. The molecule has 0 spiro atoms. The summed E-state index contributed by atoms with van der Waals surface area (Å²) in [7, 11) is 0. The van der Waals surface area contributed by atoms with Crippen molar-refractivity contribution in [3.63, 3.8) is 0 Å². The smallest absolute Gasteiger partial charge is 0.325 e. The fourth-order valence-corrected chi connectivity index (χ4v) is 1.25. The number of fused-ring (bicyclic) bond motifs is 1. The highest BCUT2D eigenvalue weighted by Gasteiger charge is 2.34. The van der Waals surface area contributed by atoms with Gasteiger partial charge >= 0.3 is 6.18 Å². The summed E-state index contributed by atoms with van der Waals surface area (Å²) < 4.78 is 38.2. The molecule has 2 rings (SSSR count). The molecule has 0 aliphatic carbocycles. The van der Waals surface area contributed by atoms with Crippen molar-refractivity contribution in [3.05, 3.63) is 29.8 Å². The lowest BCUT2D eigenvalue weighted by atomic mass is 10.4. The second-order valence-electron chi connectivity index (χ2n) is 2.93. The zero-order chi connectivity index (χ0) is 11.1. The maximum Gasteiger partial charge on any atom is 0.434 e. The van der Waals surface area contributed by atoms with Crippen LogP contribution in [0.3, 0.4) is 0 Å². The van der Waals surface area contributed by atoms with Crippen molar-refractivity contribution >= 4 is 5.78 Å². The SMILES string of the molecule is NCc1ccnc2nc(C(F)(F)F)cn12. The standard InChI is InChI=1S/C8H7F3N4/c9-8(10,11)6-4-15-5(3-12)1-2-13-7(15)14-6/h1-2,4H,3,12H2. The van der Waals surface area contributed by atoms with Gasteiger partial charge in [0.2, 0.25) is 5.78 Å². The molecule has 0 aliphatic rings. The third-order valence-electron chi connectivity index (χ3n) is 1.95. The predicted octanol–water partition coefficient (Wildman–Crippen LogP) is 1.21. The first-order valence-corrected chi connectivity index (χ1v) is 4.12. The number of nitrogens with two attached hydrogens (primary N) is 1. The molecule has 15 heavy (non-hydrogen) atoms. The number of hydrogen-bond donors (Lipinski definition) is 1. The summed E-state index contributed by atoms with van der Waals surface area (Å²) >= 11 is 0. The van der Waals surface area contributed by atoms with Gasteiger partial charge in [0.1, 0.15) is 0 Å². The molecule has 4 nitrogen and oxygen atoms in total. The average Bonchev–Trinajstić information content (AvgIpc) is 2.59. The number of nitrogens with zero attached hydrogens (tertiary/aromatic N) is 3. The van der Waals surface area contributed by atoms with Gasteiger partial charge in [0, 0.05) is 24.6 Å². The van der Waals surface area contributed by atoms with E-state index in [1.165, 1.54) is 10.6 Å². The molecule has 0 radical (unpaired) electrons. The van der Waals surface area contributed by atoms with E-state index >= 15 is 0 Å². The van der Waals surface area contributed by atoms with Crippen LogP contribution in [0, 0.1) is 0 Å². The Morgan fingerprint density at radius 1 is 1.40 bits per heavy atom. The maximum absolute atomic E-state index is 12.3. The number of alkyl halides is 3. The summed E-state index contributed by atoms with van der Waals surface area (Å²) in [6.45, 7) is 0.132. The van der Waals surface area contributed by atoms with Gasteiger partial charge in [-0.15, -0.1) is 0 Å². The van der Waals surface area contributed by atoms with Gasteiger partial charge in [-0.25, -0.2) is 9.97 Å². The van der Waals surface area contributed by atoms with E-state index in [9.17, 15) is 13.2 Å². The van der Waals surface area contributed by atoms with Crippen LogP contribution < -0.4 is 5.73 Å². The molecule has 0 atom stereocenters. The lowest BCUT2D eigenvalue weighted by Gasteiger charge is -2.00. The Morgan fingerprint density at radius 2 is 2.13 bits per heavy atom. The molecule has 0 aliphatic heterocycles. The summed E-state index contributed by atoms with van der Waals surface area (Å²) in [6, 6.07) is 1.55. The van der Waals surface area contributed by atoms with Gasteiger partial charge in [-0.1, -0.05) is 0 Å². The largest absolute Gasteiger partial charge is 0.434 e. The topological polar surface area (TPSA) is 56.2 Å². The van der Waals surface area contributed by atoms with Gasteiger partial charge in [-0.3, -0.25) is 4.40 Å². The van der Waals surface area contributed by atoms with Crippen LogP contribution in [0.25, 0.3) is 5.78 Å². The van der Waals surface area contributed by atoms with Gasteiger partial charge in [0.25, 0.3) is 0 Å². The van der Waals surface area contributed by atoms with Gasteiger partial charge in [-0.2, -0.15) is 13.2 Å². The average molecular weight is 216 g/mol. The quantitative estimate of drug-likeness (QED) is 0.779. The molecular weight excluding hydrogens is 209 g/mol. The predicted molar refractivity (Wildman–Crippen MR) is 45.9 cm³/mol. The lowest BCUT2D eigenvalue weighted by Crippen LogP contribution is -2.05. The summed E-state index contributed by atoms with van der Waals surface area (Å²) in [6.07, 6.45) is -2.19. The van der Waals surface area contributed by atoms with E-state index in [0.717, 1.165) is 6.20 Å². The molecule has 0 bridgehead atoms. The van der Waals surface area contributed by atoms with Crippen LogP contribution in [0.4, 0.5) is 13.2 Å². The van der Waals surface area contributed by atoms with Crippen LogP contribution >= 0.6 is 0 Å². The minimum absolute atomic E-state index is 0.00488. The fraction of sp³-hybridized carbons (Fsp3) is 0.250. The van der Waals surface area contributed by atoms with E-state index in [0.29, 0.717) is 5.69 Å². The Labute approximate surface area is 82.6 Å². The van der Waals surface area contributed by atoms with Crippen molar-refractivity contribution in [1.82, 2.24) is 14.4 Å². The highest BCUT2D eigenvalue weighted by Crippen LogP contribution is 2.28. The van der Waals surface area contributed by atoms with E-state index in [1.807, 2.05) is 0 Å². The molecule has 2 N–H and O–H groups in total. The molecule has 0 fully saturated rings. The van der Waals surface area contributed by atoms with Gasteiger partial charge in [0.15, 0.2) is 5.69 Å². The monoisotopic (exact) mass is 216 g/mol. The highest BCUT2D eigenvalue weighted by atomic mass is 19.4. The molecule has 2 heterocycles. The van der Waals surface area contributed by atoms with Gasteiger partial charge in [-0.05, 0) is 6.07 Å². The van der Waals surface area contributed by atoms with Crippen LogP contribution in [-0.2, 0) is 12.7 Å². The van der Waals surface area contributed by atoms with Gasteiger partial charge in [0.05, 0.1) is 0 Å². The molecule has 2 aromatic rings. The Morgan fingerprint density at radius 3 is 2.73 bits per heavy atom. The van der Waals surface area contributed by atoms with Crippen LogP contribution in [-0.4, -0.2) is 14.4 Å². The third kappa shape index (κ3) is 1.65. The molecule has 0 saturated heterocycles. The second-order valence-corrected chi connectivity index (χ2v) is 2.93. The van der Waals surface area contributed by atoms with Crippen molar-refractivity contribution in [1.29, 1.82) is 0 Å². The summed E-state index contributed by atoms with van der Waals surface area (Å²) in [5, 5.41) is 0. The van der Waals surface area contributed by atoms with Crippen LogP contribution in [0.1, 0.15) is 11.4 Å². The molecule has 0 saturated carbocycles. The minimum Gasteiger partial charge on any atom is -0.325 e. The van der Waals surface area contributed by atoms with Crippen molar-refractivity contribution in [2.45, 2.75) is 12.7 Å². The molecule has 80 valence electrons. The molecule has 0 aromatic carbocycles.